The zero-order valence-corrected chi connectivity index (χ0v) is 15.2. The highest BCUT2D eigenvalue weighted by molar-refractivity contribution is 7.89. The third-order valence-electron chi connectivity index (χ3n) is 3.39. The van der Waals surface area contributed by atoms with Crippen molar-refractivity contribution in [3.8, 4) is 0 Å². The minimum atomic E-state index is -3.25. The molecule has 8 nitrogen and oxygen atoms in total. The SMILES string of the molecule is CCS(=O)(=O)NCCNC(=O)C1(C)CN(C(=O)OC(C)(C)C)C1. The molecule has 0 atom stereocenters. The van der Waals surface area contributed by atoms with Crippen molar-refractivity contribution < 1.29 is 22.7 Å². The maximum absolute atomic E-state index is 12.1. The van der Waals surface area contributed by atoms with Crippen LogP contribution in [0.3, 0.4) is 0 Å². The van der Waals surface area contributed by atoms with Crippen molar-refractivity contribution in [1.82, 2.24) is 14.9 Å². The molecule has 0 bridgehead atoms. The fourth-order valence-corrected chi connectivity index (χ4v) is 2.71. The number of sulfonamides is 1. The molecule has 1 rings (SSSR count). The summed E-state index contributed by atoms with van der Waals surface area (Å²) in [7, 11) is -3.25. The fraction of sp³-hybridized carbons (Fsp3) is 0.857. The van der Waals surface area contributed by atoms with Crippen LogP contribution in [0.2, 0.25) is 0 Å². The van der Waals surface area contributed by atoms with Crippen molar-refractivity contribution >= 4 is 22.0 Å². The second-order valence-corrected chi connectivity index (χ2v) is 9.05. The third kappa shape index (κ3) is 5.98. The van der Waals surface area contributed by atoms with Gasteiger partial charge in [0.2, 0.25) is 15.9 Å². The Hall–Kier alpha value is -1.35. The van der Waals surface area contributed by atoms with Crippen molar-refractivity contribution in [2.45, 2.75) is 40.2 Å². The molecule has 1 saturated heterocycles. The van der Waals surface area contributed by atoms with Gasteiger partial charge in [-0.15, -0.1) is 0 Å². The highest BCUT2D eigenvalue weighted by atomic mass is 32.2. The van der Waals surface area contributed by atoms with Crippen LogP contribution in [0.1, 0.15) is 34.6 Å². The quantitative estimate of drug-likeness (QED) is 0.671. The Kier molecular flexibility index (Phi) is 6.03. The van der Waals surface area contributed by atoms with Gasteiger partial charge in [-0.2, -0.15) is 0 Å². The van der Waals surface area contributed by atoms with Gasteiger partial charge in [0.25, 0.3) is 0 Å². The Bertz CT molecular complexity index is 547. The van der Waals surface area contributed by atoms with Crippen LogP contribution < -0.4 is 10.0 Å². The van der Waals surface area contributed by atoms with Gasteiger partial charge in [0.05, 0.1) is 11.2 Å². The Morgan fingerprint density at radius 3 is 2.26 bits per heavy atom. The molecule has 0 aliphatic carbocycles. The summed E-state index contributed by atoms with van der Waals surface area (Å²) in [6.07, 6.45) is -0.432. The van der Waals surface area contributed by atoms with E-state index in [-0.39, 0.29) is 37.8 Å². The maximum atomic E-state index is 12.1. The number of carbonyl (C=O) groups excluding carboxylic acids is 2. The summed E-state index contributed by atoms with van der Waals surface area (Å²) in [5, 5.41) is 2.68. The standard InChI is InChI=1S/C14H27N3O5S/c1-6-23(20,21)16-8-7-15-11(18)14(5)9-17(10-14)12(19)22-13(2,3)4/h16H,6-10H2,1-5H3,(H,15,18). The van der Waals surface area contributed by atoms with Gasteiger partial charge in [-0.05, 0) is 34.6 Å². The lowest BCUT2D eigenvalue weighted by atomic mass is 9.81. The molecule has 0 unspecified atom stereocenters. The van der Waals surface area contributed by atoms with Crippen molar-refractivity contribution in [1.29, 1.82) is 0 Å². The zero-order chi connectivity index (χ0) is 17.9. The Morgan fingerprint density at radius 2 is 1.78 bits per heavy atom. The van der Waals surface area contributed by atoms with E-state index in [1.54, 1.807) is 34.6 Å². The normalized spacial score (nSPS) is 17.3. The molecule has 0 spiro atoms. The van der Waals surface area contributed by atoms with E-state index in [0.717, 1.165) is 0 Å². The summed E-state index contributed by atoms with van der Waals surface area (Å²) < 4.78 is 30.1. The van der Waals surface area contributed by atoms with E-state index in [1.807, 2.05) is 0 Å². The summed E-state index contributed by atoms with van der Waals surface area (Å²) in [5.74, 6) is -0.197. The van der Waals surface area contributed by atoms with Gasteiger partial charge < -0.3 is 15.0 Å². The zero-order valence-electron chi connectivity index (χ0n) is 14.4. The number of amides is 2. The molecular weight excluding hydrogens is 322 g/mol. The first-order valence-corrected chi connectivity index (χ1v) is 9.27. The van der Waals surface area contributed by atoms with Gasteiger partial charge in [-0.3, -0.25) is 4.79 Å². The van der Waals surface area contributed by atoms with Crippen LogP contribution >= 0.6 is 0 Å². The van der Waals surface area contributed by atoms with Crippen LogP contribution in [0, 0.1) is 5.41 Å². The second kappa shape index (κ2) is 7.04. The fourth-order valence-electron chi connectivity index (χ4n) is 2.09. The number of nitrogens with zero attached hydrogens (tertiary/aromatic N) is 1. The molecule has 9 heteroatoms. The first-order valence-electron chi connectivity index (χ1n) is 7.62. The van der Waals surface area contributed by atoms with Gasteiger partial charge in [0, 0.05) is 26.2 Å². The lowest BCUT2D eigenvalue weighted by molar-refractivity contribution is -0.138. The molecule has 23 heavy (non-hydrogen) atoms. The van der Waals surface area contributed by atoms with Crippen LogP contribution in [0.15, 0.2) is 0 Å². The lowest BCUT2D eigenvalue weighted by Crippen LogP contribution is -2.64. The smallest absolute Gasteiger partial charge is 0.410 e. The average Bonchev–Trinajstić information content (AvgIpc) is 2.37. The highest BCUT2D eigenvalue weighted by Gasteiger charge is 2.48. The maximum Gasteiger partial charge on any atom is 0.410 e. The number of nitrogens with one attached hydrogen (secondary N) is 2. The van der Waals surface area contributed by atoms with E-state index in [4.69, 9.17) is 4.74 Å². The van der Waals surface area contributed by atoms with Crippen LogP contribution in [-0.2, 0) is 19.6 Å². The summed E-state index contributed by atoms with van der Waals surface area (Å²) in [6.45, 7) is 9.59. The van der Waals surface area contributed by atoms with Crippen molar-refractivity contribution in [2.24, 2.45) is 5.41 Å². The van der Waals surface area contributed by atoms with Crippen LogP contribution in [0.4, 0.5) is 4.79 Å². The molecule has 2 N–H and O–H groups in total. The lowest BCUT2D eigenvalue weighted by Gasteiger charge is -2.46. The number of carbonyl (C=O) groups is 2. The van der Waals surface area contributed by atoms with E-state index >= 15 is 0 Å². The van der Waals surface area contributed by atoms with Crippen LogP contribution in [0.25, 0.3) is 0 Å². The molecular formula is C14H27N3O5S. The molecule has 1 fully saturated rings. The van der Waals surface area contributed by atoms with Crippen molar-refractivity contribution in [3.05, 3.63) is 0 Å². The molecule has 0 aromatic heterocycles. The number of hydrogen-bond acceptors (Lipinski definition) is 5. The Labute approximate surface area is 138 Å². The van der Waals surface area contributed by atoms with E-state index in [2.05, 4.69) is 10.0 Å². The monoisotopic (exact) mass is 349 g/mol. The highest BCUT2D eigenvalue weighted by Crippen LogP contribution is 2.31. The number of hydrogen-bond donors (Lipinski definition) is 2. The van der Waals surface area contributed by atoms with Crippen LogP contribution in [0.5, 0.6) is 0 Å². The van der Waals surface area contributed by atoms with E-state index in [9.17, 15) is 18.0 Å². The van der Waals surface area contributed by atoms with Crippen molar-refractivity contribution in [3.63, 3.8) is 0 Å². The molecule has 1 aliphatic rings. The van der Waals surface area contributed by atoms with Gasteiger partial charge in [0.15, 0.2) is 0 Å². The van der Waals surface area contributed by atoms with Gasteiger partial charge in [-0.25, -0.2) is 17.9 Å². The first kappa shape index (κ1) is 19.7. The molecule has 0 aromatic rings. The Morgan fingerprint density at radius 1 is 1.22 bits per heavy atom. The molecule has 0 saturated carbocycles. The summed E-state index contributed by atoms with van der Waals surface area (Å²) in [5.41, 5.74) is -1.23. The summed E-state index contributed by atoms with van der Waals surface area (Å²) in [6, 6.07) is 0. The third-order valence-corrected chi connectivity index (χ3v) is 4.80. The van der Waals surface area contributed by atoms with E-state index in [0.29, 0.717) is 0 Å². The topological polar surface area (TPSA) is 105 Å². The Balaban J connectivity index is 2.35. The predicted octanol–water partition coefficient (Wildman–Crippen LogP) is 0.299. The minimum Gasteiger partial charge on any atom is -0.444 e. The molecule has 1 heterocycles. The van der Waals surface area contributed by atoms with Crippen molar-refractivity contribution in [2.75, 3.05) is 31.9 Å². The number of rotatable bonds is 6. The predicted molar refractivity (Wildman–Crippen MR) is 86.4 cm³/mol. The molecule has 134 valence electrons. The molecule has 0 radical (unpaired) electrons. The molecule has 0 aromatic carbocycles. The largest absolute Gasteiger partial charge is 0.444 e. The van der Waals surface area contributed by atoms with Gasteiger partial charge in [0.1, 0.15) is 5.60 Å². The summed E-state index contributed by atoms with van der Waals surface area (Å²) >= 11 is 0. The molecule has 2 amide bonds. The second-order valence-electron chi connectivity index (χ2n) is 6.95. The number of ether oxygens (including phenoxy) is 1. The average molecular weight is 349 g/mol. The minimum absolute atomic E-state index is 0.00348. The van der Waals surface area contributed by atoms with Gasteiger partial charge in [-0.1, -0.05) is 0 Å². The summed E-state index contributed by atoms with van der Waals surface area (Å²) in [4.78, 5) is 25.5. The molecule has 1 aliphatic heterocycles. The van der Waals surface area contributed by atoms with Gasteiger partial charge >= 0.3 is 6.09 Å². The van der Waals surface area contributed by atoms with E-state index < -0.39 is 27.1 Å². The first-order chi connectivity index (χ1) is 10.4. The van der Waals surface area contributed by atoms with E-state index in [1.165, 1.54) is 4.90 Å². The number of likely N-dealkylation sites (tertiary alicyclic amines) is 1. The van der Waals surface area contributed by atoms with Crippen LogP contribution in [-0.4, -0.2) is 62.9 Å².